The van der Waals surface area contributed by atoms with Crippen LogP contribution in [-0.2, 0) is 0 Å². The summed E-state index contributed by atoms with van der Waals surface area (Å²) in [5, 5.41) is 12.3. The van der Waals surface area contributed by atoms with Crippen LogP contribution in [0, 0.1) is 0 Å². The third-order valence-electron chi connectivity index (χ3n) is 3.43. The molecule has 0 unspecified atom stereocenters. The van der Waals surface area contributed by atoms with Gasteiger partial charge in [0.05, 0.1) is 0 Å². The van der Waals surface area contributed by atoms with Gasteiger partial charge in [0, 0.05) is 10.8 Å². The zero-order valence-corrected chi connectivity index (χ0v) is 10.6. The standard InChI is InChI=1S/C17H12O3/c18-17(15-9-11-5-1-3-7-13(11)19-15)16-10-12-6-2-4-8-14(12)20-16/h1-10,17-18H. The Morgan fingerprint density at radius 3 is 1.60 bits per heavy atom. The van der Waals surface area contributed by atoms with E-state index in [0.29, 0.717) is 11.5 Å². The van der Waals surface area contributed by atoms with Crippen molar-refractivity contribution in [3.63, 3.8) is 0 Å². The first-order valence-electron chi connectivity index (χ1n) is 6.46. The summed E-state index contributed by atoms with van der Waals surface area (Å²) in [6.07, 6.45) is -0.894. The average molecular weight is 264 g/mol. The van der Waals surface area contributed by atoms with Gasteiger partial charge in [0.25, 0.3) is 0 Å². The van der Waals surface area contributed by atoms with Crippen LogP contribution < -0.4 is 0 Å². The maximum absolute atomic E-state index is 10.4. The highest BCUT2D eigenvalue weighted by Gasteiger charge is 2.19. The van der Waals surface area contributed by atoms with Crippen molar-refractivity contribution in [3.05, 3.63) is 72.2 Å². The van der Waals surface area contributed by atoms with Crippen LogP contribution in [0.2, 0.25) is 0 Å². The van der Waals surface area contributed by atoms with Crippen LogP contribution in [0.5, 0.6) is 0 Å². The van der Waals surface area contributed by atoms with Gasteiger partial charge < -0.3 is 13.9 Å². The molecule has 0 aliphatic carbocycles. The Bertz CT molecular complexity index is 745. The van der Waals surface area contributed by atoms with E-state index in [4.69, 9.17) is 8.83 Å². The molecule has 2 heterocycles. The number of aliphatic hydroxyl groups excluding tert-OH is 1. The summed E-state index contributed by atoms with van der Waals surface area (Å²) in [5.41, 5.74) is 1.52. The Kier molecular flexibility index (Phi) is 2.41. The Balaban J connectivity index is 1.80. The van der Waals surface area contributed by atoms with Crippen molar-refractivity contribution >= 4 is 21.9 Å². The van der Waals surface area contributed by atoms with Crippen molar-refractivity contribution < 1.29 is 13.9 Å². The number of rotatable bonds is 2. The van der Waals surface area contributed by atoms with Gasteiger partial charge in [-0.2, -0.15) is 0 Å². The maximum atomic E-state index is 10.4. The zero-order valence-electron chi connectivity index (χ0n) is 10.6. The quantitative estimate of drug-likeness (QED) is 0.588. The Hall–Kier alpha value is -2.52. The van der Waals surface area contributed by atoms with E-state index in [2.05, 4.69) is 0 Å². The summed E-state index contributed by atoms with van der Waals surface area (Å²) in [5.74, 6) is 0.982. The van der Waals surface area contributed by atoms with Crippen molar-refractivity contribution in [3.8, 4) is 0 Å². The normalized spacial score (nSPS) is 11.7. The monoisotopic (exact) mass is 264 g/mol. The van der Waals surface area contributed by atoms with E-state index in [-0.39, 0.29) is 0 Å². The number of hydrogen-bond donors (Lipinski definition) is 1. The van der Waals surface area contributed by atoms with Gasteiger partial charge in [0.15, 0.2) is 6.10 Å². The molecule has 3 heteroatoms. The first kappa shape index (κ1) is 11.3. The van der Waals surface area contributed by atoms with Gasteiger partial charge in [-0.3, -0.25) is 0 Å². The highest BCUT2D eigenvalue weighted by molar-refractivity contribution is 5.79. The molecule has 98 valence electrons. The summed E-state index contributed by atoms with van der Waals surface area (Å²) in [7, 11) is 0. The van der Waals surface area contributed by atoms with Crippen molar-refractivity contribution in [2.24, 2.45) is 0 Å². The first-order valence-corrected chi connectivity index (χ1v) is 6.46. The fourth-order valence-corrected chi connectivity index (χ4v) is 2.41. The van der Waals surface area contributed by atoms with E-state index in [1.54, 1.807) is 0 Å². The summed E-state index contributed by atoms with van der Waals surface area (Å²) in [6.45, 7) is 0. The predicted molar refractivity (Wildman–Crippen MR) is 76.5 cm³/mol. The van der Waals surface area contributed by atoms with Crippen LogP contribution in [-0.4, -0.2) is 5.11 Å². The molecule has 1 N–H and O–H groups in total. The molecule has 20 heavy (non-hydrogen) atoms. The summed E-state index contributed by atoms with van der Waals surface area (Å²) in [6, 6.07) is 19.0. The van der Waals surface area contributed by atoms with Crippen LogP contribution in [0.4, 0.5) is 0 Å². The van der Waals surface area contributed by atoms with E-state index in [0.717, 1.165) is 21.9 Å². The van der Waals surface area contributed by atoms with E-state index in [1.807, 2.05) is 60.7 Å². The van der Waals surface area contributed by atoms with Gasteiger partial charge in [0.1, 0.15) is 22.7 Å². The minimum absolute atomic E-state index is 0.491. The van der Waals surface area contributed by atoms with Gasteiger partial charge in [0.2, 0.25) is 0 Å². The van der Waals surface area contributed by atoms with Crippen LogP contribution in [0.25, 0.3) is 21.9 Å². The fourth-order valence-electron chi connectivity index (χ4n) is 2.41. The van der Waals surface area contributed by atoms with Crippen molar-refractivity contribution in [1.29, 1.82) is 0 Å². The second kappa shape index (κ2) is 4.25. The predicted octanol–water partition coefficient (Wildman–Crippen LogP) is 4.26. The molecule has 2 aromatic heterocycles. The molecule has 3 nitrogen and oxygen atoms in total. The van der Waals surface area contributed by atoms with Gasteiger partial charge >= 0.3 is 0 Å². The van der Waals surface area contributed by atoms with Gasteiger partial charge in [-0.1, -0.05) is 36.4 Å². The topological polar surface area (TPSA) is 46.5 Å². The van der Waals surface area contributed by atoms with Gasteiger partial charge in [-0.15, -0.1) is 0 Å². The van der Waals surface area contributed by atoms with E-state index < -0.39 is 6.10 Å². The van der Waals surface area contributed by atoms with Crippen LogP contribution in [0.3, 0.4) is 0 Å². The highest BCUT2D eigenvalue weighted by atomic mass is 16.4. The lowest BCUT2D eigenvalue weighted by molar-refractivity contribution is 0.167. The lowest BCUT2D eigenvalue weighted by Gasteiger charge is -2.02. The lowest BCUT2D eigenvalue weighted by atomic mass is 10.2. The molecular formula is C17H12O3. The molecule has 0 atom stereocenters. The molecule has 0 saturated heterocycles. The van der Waals surface area contributed by atoms with Crippen LogP contribution in [0.15, 0.2) is 69.5 Å². The Morgan fingerprint density at radius 2 is 1.15 bits per heavy atom. The average Bonchev–Trinajstić information content (AvgIpc) is 3.10. The summed E-state index contributed by atoms with van der Waals surface area (Å²) < 4.78 is 11.3. The Morgan fingerprint density at radius 1 is 0.700 bits per heavy atom. The molecular weight excluding hydrogens is 252 g/mol. The third kappa shape index (κ3) is 1.72. The summed E-state index contributed by atoms with van der Waals surface area (Å²) >= 11 is 0. The van der Waals surface area contributed by atoms with E-state index in [1.165, 1.54) is 0 Å². The van der Waals surface area contributed by atoms with E-state index >= 15 is 0 Å². The molecule has 0 saturated carbocycles. The third-order valence-corrected chi connectivity index (χ3v) is 3.43. The van der Waals surface area contributed by atoms with Crippen molar-refractivity contribution in [2.45, 2.75) is 6.10 Å². The number of fused-ring (bicyclic) bond motifs is 2. The minimum atomic E-state index is -0.894. The van der Waals surface area contributed by atoms with Crippen LogP contribution >= 0.6 is 0 Å². The largest absolute Gasteiger partial charge is 0.458 e. The van der Waals surface area contributed by atoms with Crippen LogP contribution in [0.1, 0.15) is 17.6 Å². The second-order valence-corrected chi connectivity index (χ2v) is 4.78. The van der Waals surface area contributed by atoms with Crippen molar-refractivity contribution in [1.82, 2.24) is 0 Å². The second-order valence-electron chi connectivity index (χ2n) is 4.78. The molecule has 0 aliphatic rings. The smallest absolute Gasteiger partial charge is 0.169 e. The highest BCUT2D eigenvalue weighted by Crippen LogP contribution is 2.31. The SMILES string of the molecule is OC(c1cc2ccccc2o1)c1cc2ccccc2o1. The lowest BCUT2D eigenvalue weighted by Crippen LogP contribution is -1.95. The molecule has 0 radical (unpaired) electrons. The molecule has 4 aromatic rings. The minimum Gasteiger partial charge on any atom is -0.458 e. The Labute approximate surface area is 115 Å². The molecule has 0 bridgehead atoms. The number of benzene rings is 2. The van der Waals surface area contributed by atoms with Gasteiger partial charge in [-0.25, -0.2) is 0 Å². The first-order chi connectivity index (χ1) is 9.81. The zero-order chi connectivity index (χ0) is 13.5. The molecule has 2 aromatic carbocycles. The molecule has 0 spiro atoms. The molecule has 0 aliphatic heterocycles. The molecule has 4 rings (SSSR count). The van der Waals surface area contributed by atoms with E-state index in [9.17, 15) is 5.11 Å². The summed E-state index contributed by atoms with van der Waals surface area (Å²) in [4.78, 5) is 0. The fraction of sp³-hybridized carbons (Fsp3) is 0.0588. The molecule has 0 fully saturated rings. The number of hydrogen-bond acceptors (Lipinski definition) is 3. The van der Waals surface area contributed by atoms with Gasteiger partial charge in [-0.05, 0) is 24.3 Å². The molecule has 0 amide bonds. The number of para-hydroxylation sites is 2. The number of aliphatic hydroxyl groups is 1. The number of furan rings is 2. The van der Waals surface area contributed by atoms with Crippen molar-refractivity contribution in [2.75, 3.05) is 0 Å². The maximum Gasteiger partial charge on any atom is 0.169 e.